The summed E-state index contributed by atoms with van der Waals surface area (Å²) in [6.45, 7) is 16.8. The Morgan fingerprint density at radius 3 is 2.52 bits per heavy atom. The number of ketones is 1. The van der Waals surface area contributed by atoms with E-state index in [9.17, 15) is 4.79 Å². The largest absolute Gasteiger partial charge is 0.372 e. The van der Waals surface area contributed by atoms with Gasteiger partial charge in [0.1, 0.15) is 11.9 Å². The van der Waals surface area contributed by atoms with Gasteiger partial charge in [0.05, 0.1) is 11.6 Å². The van der Waals surface area contributed by atoms with Gasteiger partial charge in [0.2, 0.25) is 0 Å². The number of aliphatic imine (C=N–C) groups is 1. The number of allylic oxidation sites excluding steroid dienone is 2. The van der Waals surface area contributed by atoms with E-state index in [0.29, 0.717) is 24.1 Å². The van der Waals surface area contributed by atoms with Gasteiger partial charge in [-0.05, 0) is 55.7 Å². The molecule has 5 nitrogen and oxygen atoms in total. The second-order valence-electron chi connectivity index (χ2n) is 6.43. The van der Waals surface area contributed by atoms with E-state index in [4.69, 9.17) is 5.26 Å². The maximum absolute atomic E-state index is 11.8. The molecule has 0 amide bonds. The number of anilines is 1. The van der Waals surface area contributed by atoms with Crippen LogP contribution in [0, 0.1) is 11.3 Å². The minimum Gasteiger partial charge on any atom is -0.372 e. The van der Waals surface area contributed by atoms with Crippen LogP contribution in [0.5, 0.6) is 0 Å². The van der Waals surface area contributed by atoms with Crippen molar-refractivity contribution in [2.45, 2.75) is 32.7 Å². The van der Waals surface area contributed by atoms with Gasteiger partial charge in [0.15, 0.2) is 5.78 Å². The van der Waals surface area contributed by atoms with Crippen LogP contribution in [0.1, 0.15) is 32.3 Å². The van der Waals surface area contributed by atoms with Crippen LogP contribution in [0.15, 0.2) is 79.0 Å². The molecule has 1 unspecified atom stereocenters. The van der Waals surface area contributed by atoms with E-state index < -0.39 is 0 Å². The fraction of sp³-hybridized carbons (Fsp3) is 0.292. The third-order valence-electron chi connectivity index (χ3n) is 4.24. The van der Waals surface area contributed by atoms with Crippen molar-refractivity contribution >= 4 is 17.3 Å². The van der Waals surface area contributed by atoms with Crippen molar-refractivity contribution in [2.24, 2.45) is 4.99 Å². The average molecular weight is 391 g/mol. The van der Waals surface area contributed by atoms with E-state index in [1.54, 1.807) is 24.4 Å². The van der Waals surface area contributed by atoms with Crippen LogP contribution in [0.25, 0.3) is 0 Å². The zero-order valence-corrected chi connectivity index (χ0v) is 17.4. The number of nitriles is 1. The molecule has 152 valence electrons. The topological polar surface area (TPSA) is 68.5 Å². The Morgan fingerprint density at radius 2 is 2.00 bits per heavy atom. The standard InChI is InChI=1S/C24H30N4O/c1-6-15-26-24(28(16-7-2)17-14-19(5)23(29)9-4)22(8-3)27-21-12-10-20(18-25)11-13-21/h6,8-13,15,22,27H,3-5,7,14,16-17H2,1-2H3/b15-6-,26-24+. The Balaban J connectivity index is 3.10. The molecule has 1 N–H and O–H groups in total. The van der Waals surface area contributed by atoms with Crippen molar-refractivity contribution in [3.8, 4) is 6.07 Å². The van der Waals surface area contributed by atoms with Crippen LogP contribution in [-0.2, 0) is 4.79 Å². The molecule has 1 atom stereocenters. The van der Waals surface area contributed by atoms with Gasteiger partial charge in [-0.1, -0.05) is 32.2 Å². The fourth-order valence-corrected chi connectivity index (χ4v) is 2.71. The minimum absolute atomic E-state index is 0.135. The molecule has 0 aliphatic rings. The Labute approximate surface area is 174 Å². The molecule has 0 aliphatic heterocycles. The summed E-state index contributed by atoms with van der Waals surface area (Å²) < 4.78 is 0. The lowest BCUT2D eigenvalue weighted by molar-refractivity contribution is -0.111. The second-order valence-corrected chi connectivity index (χ2v) is 6.43. The predicted molar refractivity (Wildman–Crippen MR) is 122 cm³/mol. The van der Waals surface area contributed by atoms with Gasteiger partial charge in [0.25, 0.3) is 0 Å². The third-order valence-corrected chi connectivity index (χ3v) is 4.24. The van der Waals surface area contributed by atoms with E-state index in [2.05, 4.69) is 47.9 Å². The van der Waals surface area contributed by atoms with Gasteiger partial charge in [-0.2, -0.15) is 5.26 Å². The zero-order valence-electron chi connectivity index (χ0n) is 17.4. The molecule has 5 heteroatoms. The molecule has 0 bridgehead atoms. The van der Waals surface area contributed by atoms with Gasteiger partial charge in [-0.15, -0.1) is 6.58 Å². The predicted octanol–water partition coefficient (Wildman–Crippen LogP) is 4.87. The lowest BCUT2D eigenvalue weighted by Gasteiger charge is -2.30. The summed E-state index contributed by atoms with van der Waals surface area (Å²) in [6, 6.07) is 9.12. The number of hydrogen-bond donors (Lipinski definition) is 1. The van der Waals surface area contributed by atoms with Crippen LogP contribution in [0.3, 0.4) is 0 Å². The molecule has 1 rings (SSSR count). The Morgan fingerprint density at radius 1 is 1.31 bits per heavy atom. The van der Waals surface area contributed by atoms with E-state index in [1.165, 1.54) is 6.08 Å². The number of rotatable bonds is 12. The van der Waals surface area contributed by atoms with Crippen molar-refractivity contribution in [2.75, 3.05) is 18.4 Å². The Kier molecular flexibility index (Phi) is 10.5. The molecular weight excluding hydrogens is 360 g/mol. The van der Waals surface area contributed by atoms with Gasteiger partial charge in [-0.3, -0.25) is 4.79 Å². The number of amidine groups is 1. The third kappa shape index (κ3) is 7.63. The molecule has 29 heavy (non-hydrogen) atoms. The Hall–Kier alpha value is -3.39. The SMILES string of the molecule is C=CC(=O)C(=C)CCN(CCC)/C(=N/C=C\C)C(C=C)Nc1ccc(C#N)cc1. The maximum Gasteiger partial charge on any atom is 0.180 e. The van der Waals surface area contributed by atoms with E-state index in [1.807, 2.05) is 25.1 Å². The molecule has 0 spiro atoms. The Bertz CT molecular complexity index is 812. The summed E-state index contributed by atoms with van der Waals surface area (Å²) in [4.78, 5) is 18.6. The summed E-state index contributed by atoms with van der Waals surface area (Å²) in [7, 11) is 0. The number of nitrogens with zero attached hydrogens (tertiary/aromatic N) is 3. The van der Waals surface area contributed by atoms with Gasteiger partial charge >= 0.3 is 0 Å². The summed E-state index contributed by atoms with van der Waals surface area (Å²) in [6.07, 6.45) is 8.16. The number of nitrogens with one attached hydrogen (secondary N) is 1. The summed E-state index contributed by atoms with van der Waals surface area (Å²) >= 11 is 0. The van der Waals surface area contributed by atoms with E-state index in [-0.39, 0.29) is 11.8 Å². The number of hydrogen-bond acceptors (Lipinski definition) is 4. The fourth-order valence-electron chi connectivity index (χ4n) is 2.71. The van der Waals surface area contributed by atoms with Crippen LogP contribution >= 0.6 is 0 Å². The van der Waals surface area contributed by atoms with Gasteiger partial charge in [-0.25, -0.2) is 4.99 Å². The molecule has 1 aromatic rings. The monoisotopic (exact) mass is 390 g/mol. The van der Waals surface area contributed by atoms with E-state index in [0.717, 1.165) is 24.5 Å². The van der Waals surface area contributed by atoms with Crippen molar-refractivity contribution in [3.63, 3.8) is 0 Å². The molecule has 0 saturated heterocycles. The number of benzene rings is 1. The van der Waals surface area contributed by atoms with Gasteiger partial charge in [0, 0.05) is 25.0 Å². The van der Waals surface area contributed by atoms with Crippen molar-refractivity contribution < 1.29 is 4.79 Å². The lowest BCUT2D eigenvalue weighted by atomic mass is 10.1. The van der Waals surface area contributed by atoms with Crippen molar-refractivity contribution in [1.82, 2.24) is 4.90 Å². The van der Waals surface area contributed by atoms with Crippen LogP contribution < -0.4 is 5.32 Å². The highest BCUT2D eigenvalue weighted by Gasteiger charge is 2.20. The van der Waals surface area contributed by atoms with Crippen LogP contribution in [0.2, 0.25) is 0 Å². The molecule has 0 aromatic heterocycles. The second kappa shape index (κ2) is 12.9. The molecule has 0 saturated carbocycles. The summed E-state index contributed by atoms with van der Waals surface area (Å²) in [5, 5.41) is 12.4. The zero-order chi connectivity index (χ0) is 21.6. The quantitative estimate of drug-likeness (QED) is 0.239. The first-order valence-electron chi connectivity index (χ1n) is 9.68. The first-order chi connectivity index (χ1) is 14.0. The highest BCUT2D eigenvalue weighted by Crippen LogP contribution is 2.14. The van der Waals surface area contributed by atoms with Crippen LogP contribution in [-0.4, -0.2) is 35.7 Å². The smallest absolute Gasteiger partial charge is 0.180 e. The summed E-state index contributed by atoms with van der Waals surface area (Å²) in [5.74, 6) is 0.674. The maximum atomic E-state index is 11.8. The van der Waals surface area contributed by atoms with Crippen molar-refractivity contribution in [1.29, 1.82) is 5.26 Å². The first-order valence-corrected chi connectivity index (χ1v) is 9.68. The number of carbonyl (C=O) groups excluding carboxylic acids is 1. The molecule has 0 fully saturated rings. The molecule has 0 heterocycles. The molecule has 1 aromatic carbocycles. The average Bonchev–Trinajstić information content (AvgIpc) is 2.75. The summed E-state index contributed by atoms with van der Waals surface area (Å²) in [5.41, 5.74) is 2.00. The lowest BCUT2D eigenvalue weighted by Crippen LogP contribution is -2.43. The van der Waals surface area contributed by atoms with Crippen LogP contribution in [0.4, 0.5) is 5.69 Å². The highest BCUT2D eigenvalue weighted by atomic mass is 16.1. The van der Waals surface area contributed by atoms with E-state index >= 15 is 0 Å². The normalized spacial score (nSPS) is 12.1. The highest BCUT2D eigenvalue weighted by molar-refractivity contribution is 6.03. The van der Waals surface area contributed by atoms with Crippen molar-refractivity contribution in [3.05, 3.63) is 79.6 Å². The molecular formula is C24H30N4O. The molecule has 0 aliphatic carbocycles. The molecule has 0 radical (unpaired) electrons. The van der Waals surface area contributed by atoms with Gasteiger partial charge < -0.3 is 10.2 Å². The number of carbonyl (C=O) groups is 1. The minimum atomic E-state index is -0.242. The first kappa shape index (κ1) is 23.6.